The third-order valence-corrected chi connectivity index (χ3v) is 3.30. The minimum atomic E-state index is 0.415. The van der Waals surface area contributed by atoms with Crippen LogP contribution in [0, 0.1) is 0 Å². The van der Waals surface area contributed by atoms with Crippen LogP contribution in [-0.4, -0.2) is 25.2 Å². The molecule has 0 unspecified atom stereocenters. The first-order valence-corrected chi connectivity index (χ1v) is 7.17. The zero-order valence-electron chi connectivity index (χ0n) is 10.5. The van der Waals surface area contributed by atoms with E-state index in [0.717, 1.165) is 48.1 Å². The summed E-state index contributed by atoms with van der Waals surface area (Å²) in [5, 5.41) is 3.37. The van der Waals surface area contributed by atoms with Crippen LogP contribution in [0.25, 0.3) is 0 Å². The van der Waals surface area contributed by atoms with Crippen LogP contribution in [-0.2, 0) is 4.74 Å². The van der Waals surface area contributed by atoms with Gasteiger partial charge in [-0.15, -0.1) is 0 Å². The minimum absolute atomic E-state index is 0.415. The third-order valence-electron chi connectivity index (χ3n) is 2.59. The van der Waals surface area contributed by atoms with Crippen LogP contribution in [0.1, 0.15) is 24.8 Å². The molecule has 5 heteroatoms. The zero-order chi connectivity index (χ0) is 13.4. The van der Waals surface area contributed by atoms with Gasteiger partial charge in [-0.05, 0) is 37.5 Å². The fourth-order valence-corrected chi connectivity index (χ4v) is 2.18. The number of hydrogen-bond acceptors (Lipinski definition) is 3. The third kappa shape index (κ3) is 5.33. The van der Waals surface area contributed by atoms with Gasteiger partial charge in [0.05, 0.1) is 0 Å². The van der Waals surface area contributed by atoms with Gasteiger partial charge < -0.3 is 15.8 Å². The summed E-state index contributed by atoms with van der Waals surface area (Å²) in [6.45, 7) is 1.75. The molecule has 1 aromatic rings. The first-order chi connectivity index (χ1) is 8.65. The number of nitrogens with two attached hydrogens (primary N) is 1. The first-order valence-electron chi connectivity index (χ1n) is 5.97. The normalized spacial score (nSPS) is 10.3. The summed E-state index contributed by atoms with van der Waals surface area (Å²) in [5.74, 6) is 0. The van der Waals surface area contributed by atoms with Crippen LogP contribution < -0.4 is 11.1 Å². The van der Waals surface area contributed by atoms with Crippen LogP contribution in [0.4, 0.5) is 5.69 Å². The second-order valence-electron chi connectivity index (χ2n) is 4.03. The van der Waals surface area contributed by atoms with Gasteiger partial charge in [0.15, 0.2) is 0 Å². The standard InChI is InChI=1S/C13H19BrN2OS/c1-17-8-4-2-3-7-16-12-6-5-10(14)9-11(12)13(15)18/h5-6,9,16H,2-4,7-8H2,1H3,(H2,15,18). The van der Waals surface area contributed by atoms with Gasteiger partial charge in [0.2, 0.25) is 0 Å². The quantitative estimate of drug-likeness (QED) is 0.567. The minimum Gasteiger partial charge on any atom is -0.389 e. The Morgan fingerprint density at radius 2 is 2.17 bits per heavy atom. The predicted octanol–water partition coefficient (Wildman–Crippen LogP) is 3.31. The van der Waals surface area contributed by atoms with Crippen molar-refractivity contribution in [3.05, 3.63) is 28.2 Å². The molecule has 0 aliphatic rings. The second kappa shape index (κ2) is 8.45. The molecule has 1 aromatic carbocycles. The lowest BCUT2D eigenvalue weighted by molar-refractivity contribution is 0.192. The molecule has 0 bridgehead atoms. The number of nitrogens with one attached hydrogen (secondary N) is 1. The van der Waals surface area contributed by atoms with Crippen LogP contribution in [0.15, 0.2) is 22.7 Å². The Hall–Kier alpha value is -0.650. The average Bonchev–Trinajstić information content (AvgIpc) is 2.35. The van der Waals surface area contributed by atoms with Gasteiger partial charge in [0.25, 0.3) is 0 Å². The molecule has 0 aliphatic heterocycles. The van der Waals surface area contributed by atoms with Crippen molar-refractivity contribution in [2.75, 3.05) is 25.6 Å². The van der Waals surface area contributed by atoms with Gasteiger partial charge in [0.1, 0.15) is 4.99 Å². The Labute approximate surface area is 122 Å². The van der Waals surface area contributed by atoms with Crippen molar-refractivity contribution in [2.24, 2.45) is 5.73 Å². The van der Waals surface area contributed by atoms with Crippen molar-refractivity contribution in [1.82, 2.24) is 0 Å². The SMILES string of the molecule is COCCCCCNc1ccc(Br)cc1C(N)=S. The molecule has 0 heterocycles. The Morgan fingerprint density at radius 1 is 1.39 bits per heavy atom. The highest BCUT2D eigenvalue weighted by Gasteiger charge is 2.05. The zero-order valence-corrected chi connectivity index (χ0v) is 12.9. The fourth-order valence-electron chi connectivity index (χ4n) is 1.65. The van der Waals surface area contributed by atoms with Crippen molar-refractivity contribution >= 4 is 38.8 Å². The fraction of sp³-hybridized carbons (Fsp3) is 0.462. The molecule has 0 aromatic heterocycles. The topological polar surface area (TPSA) is 47.3 Å². The highest BCUT2D eigenvalue weighted by molar-refractivity contribution is 9.10. The summed E-state index contributed by atoms with van der Waals surface area (Å²) in [6, 6.07) is 5.92. The molecule has 1 rings (SSSR count). The van der Waals surface area contributed by atoms with Crippen molar-refractivity contribution < 1.29 is 4.74 Å². The van der Waals surface area contributed by atoms with E-state index in [1.807, 2.05) is 18.2 Å². The van der Waals surface area contributed by atoms with Gasteiger partial charge in [-0.2, -0.15) is 0 Å². The van der Waals surface area contributed by atoms with E-state index in [0.29, 0.717) is 4.99 Å². The molecule has 0 fully saturated rings. The van der Waals surface area contributed by atoms with E-state index in [-0.39, 0.29) is 0 Å². The van der Waals surface area contributed by atoms with E-state index in [4.69, 9.17) is 22.7 Å². The molecule has 0 radical (unpaired) electrons. The summed E-state index contributed by atoms with van der Waals surface area (Å²) in [4.78, 5) is 0.415. The molecule has 0 saturated carbocycles. The molecule has 0 saturated heterocycles. The second-order valence-corrected chi connectivity index (χ2v) is 5.39. The van der Waals surface area contributed by atoms with Crippen LogP contribution in [0.3, 0.4) is 0 Å². The molecule has 0 spiro atoms. The summed E-state index contributed by atoms with van der Waals surface area (Å²) in [5.41, 5.74) is 7.59. The van der Waals surface area contributed by atoms with Crippen LogP contribution >= 0.6 is 28.1 Å². The van der Waals surface area contributed by atoms with Crippen LogP contribution in [0.5, 0.6) is 0 Å². The maximum Gasteiger partial charge on any atom is 0.106 e. The van der Waals surface area contributed by atoms with Crippen LogP contribution in [0.2, 0.25) is 0 Å². The number of anilines is 1. The highest BCUT2D eigenvalue weighted by Crippen LogP contribution is 2.21. The van der Waals surface area contributed by atoms with Crippen molar-refractivity contribution in [2.45, 2.75) is 19.3 Å². The lowest BCUT2D eigenvalue weighted by Crippen LogP contribution is -2.14. The van der Waals surface area contributed by atoms with Gasteiger partial charge >= 0.3 is 0 Å². The predicted molar refractivity (Wildman–Crippen MR) is 84.2 cm³/mol. The molecule has 0 aliphatic carbocycles. The molecule has 18 heavy (non-hydrogen) atoms. The molecule has 0 amide bonds. The van der Waals surface area contributed by atoms with E-state index in [1.165, 1.54) is 0 Å². The number of benzene rings is 1. The summed E-state index contributed by atoms with van der Waals surface area (Å²) in [6.07, 6.45) is 3.36. The Balaban J connectivity index is 2.44. The Kier molecular flexibility index (Phi) is 7.23. The van der Waals surface area contributed by atoms with Gasteiger partial charge in [-0.1, -0.05) is 28.1 Å². The molecule has 3 nitrogen and oxygen atoms in total. The van der Waals surface area contributed by atoms with Gasteiger partial charge in [-0.25, -0.2) is 0 Å². The maximum absolute atomic E-state index is 5.71. The summed E-state index contributed by atoms with van der Waals surface area (Å²) in [7, 11) is 1.73. The smallest absolute Gasteiger partial charge is 0.106 e. The molecule has 3 N–H and O–H groups in total. The number of unbranched alkanes of at least 4 members (excludes halogenated alkanes) is 2. The van der Waals surface area contributed by atoms with E-state index in [2.05, 4.69) is 21.2 Å². The Morgan fingerprint density at radius 3 is 2.83 bits per heavy atom. The highest BCUT2D eigenvalue weighted by atomic mass is 79.9. The first kappa shape index (κ1) is 15.4. The molecular formula is C13H19BrN2OS. The van der Waals surface area contributed by atoms with E-state index >= 15 is 0 Å². The summed E-state index contributed by atoms with van der Waals surface area (Å²) < 4.78 is 5.99. The lowest BCUT2D eigenvalue weighted by Gasteiger charge is -2.11. The average molecular weight is 331 g/mol. The molecule has 100 valence electrons. The van der Waals surface area contributed by atoms with Gasteiger partial charge in [0, 0.05) is 36.0 Å². The number of ether oxygens (including phenoxy) is 1. The van der Waals surface area contributed by atoms with E-state index in [9.17, 15) is 0 Å². The largest absolute Gasteiger partial charge is 0.389 e. The number of methoxy groups -OCH3 is 1. The molecule has 0 atom stereocenters. The van der Waals surface area contributed by atoms with E-state index < -0.39 is 0 Å². The van der Waals surface area contributed by atoms with Gasteiger partial charge in [-0.3, -0.25) is 0 Å². The maximum atomic E-state index is 5.71. The monoisotopic (exact) mass is 330 g/mol. The van der Waals surface area contributed by atoms with Crippen molar-refractivity contribution in [1.29, 1.82) is 0 Å². The van der Waals surface area contributed by atoms with E-state index in [1.54, 1.807) is 7.11 Å². The number of rotatable bonds is 8. The lowest BCUT2D eigenvalue weighted by atomic mass is 10.1. The summed E-state index contributed by atoms with van der Waals surface area (Å²) >= 11 is 8.46. The Bertz CT molecular complexity index is 399. The number of halogens is 1. The van der Waals surface area contributed by atoms with Crippen molar-refractivity contribution in [3.63, 3.8) is 0 Å². The number of thiocarbonyl (C=S) groups is 1. The number of hydrogen-bond donors (Lipinski definition) is 2. The molecular weight excluding hydrogens is 312 g/mol. The van der Waals surface area contributed by atoms with Crippen molar-refractivity contribution in [3.8, 4) is 0 Å².